The van der Waals surface area contributed by atoms with Gasteiger partial charge in [0.2, 0.25) is 5.91 Å². The molecule has 0 aromatic heterocycles. The summed E-state index contributed by atoms with van der Waals surface area (Å²) in [5.41, 5.74) is 1.24. The minimum atomic E-state index is -0.0263. The zero-order chi connectivity index (χ0) is 17.2. The number of carbonyl (C=O) groups is 1. The molecule has 0 aliphatic carbocycles. The van der Waals surface area contributed by atoms with E-state index in [-0.39, 0.29) is 37.1 Å². The van der Waals surface area contributed by atoms with Gasteiger partial charge in [-0.05, 0) is 44.6 Å². The molecule has 6 heteroatoms. The Kier molecular flexibility index (Phi) is 10.7. The summed E-state index contributed by atoms with van der Waals surface area (Å²) in [6, 6.07) is 10.6. The summed E-state index contributed by atoms with van der Waals surface area (Å²) in [6.45, 7) is 8.94. The number of benzene rings is 1. The highest BCUT2D eigenvalue weighted by Crippen LogP contribution is 2.19. The van der Waals surface area contributed by atoms with Gasteiger partial charge >= 0.3 is 0 Å². The van der Waals surface area contributed by atoms with E-state index >= 15 is 0 Å². The molecule has 0 radical (unpaired) electrons. The molecule has 0 bridgehead atoms. The zero-order valence-electron chi connectivity index (χ0n) is 15.4. The summed E-state index contributed by atoms with van der Waals surface area (Å²) < 4.78 is 5.73. The highest BCUT2D eigenvalue weighted by Gasteiger charge is 2.19. The van der Waals surface area contributed by atoms with Crippen LogP contribution in [0, 0.1) is 0 Å². The number of nitrogens with one attached hydrogen (secondary N) is 2. The van der Waals surface area contributed by atoms with Gasteiger partial charge in [-0.1, -0.05) is 44.2 Å². The van der Waals surface area contributed by atoms with Crippen molar-refractivity contribution < 1.29 is 9.53 Å². The van der Waals surface area contributed by atoms with E-state index in [1.165, 1.54) is 5.56 Å². The van der Waals surface area contributed by atoms with E-state index < -0.39 is 0 Å². The lowest BCUT2D eigenvalue weighted by atomic mass is 10.1. The van der Waals surface area contributed by atoms with Crippen LogP contribution in [0.1, 0.15) is 38.3 Å². The number of carbonyl (C=O) groups excluding carboxylic acids is 1. The summed E-state index contributed by atoms with van der Waals surface area (Å²) in [7, 11) is 0. The molecule has 1 aromatic rings. The van der Waals surface area contributed by atoms with Crippen molar-refractivity contribution in [2.24, 2.45) is 0 Å². The van der Waals surface area contributed by atoms with Crippen molar-refractivity contribution in [3.8, 4) is 0 Å². The van der Waals surface area contributed by atoms with Crippen molar-refractivity contribution in [2.45, 2.75) is 38.8 Å². The number of amides is 1. The van der Waals surface area contributed by atoms with Crippen molar-refractivity contribution in [3.05, 3.63) is 35.9 Å². The Morgan fingerprint density at radius 2 is 1.88 bits per heavy atom. The summed E-state index contributed by atoms with van der Waals surface area (Å²) >= 11 is 0. The Bertz CT molecular complexity index is 477. The van der Waals surface area contributed by atoms with Gasteiger partial charge in [-0.2, -0.15) is 0 Å². The molecule has 1 unspecified atom stereocenters. The van der Waals surface area contributed by atoms with Gasteiger partial charge in [-0.15, -0.1) is 12.4 Å². The molecule has 25 heavy (non-hydrogen) atoms. The number of hydrogen-bond donors (Lipinski definition) is 2. The summed E-state index contributed by atoms with van der Waals surface area (Å²) in [6.07, 6.45) is 2.18. The average Bonchev–Trinajstić information content (AvgIpc) is 2.65. The van der Waals surface area contributed by atoms with E-state index in [0.717, 1.165) is 39.0 Å². The maximum atomic E-state index is 12.2. The molecule has 142 valence electrons. The monoisotopic (exact) mass is 369 g/mol. The van der Waals surface area contributed by atoms with Crippen LogP contribution in [0.25, 0.3) is 0 Å². The molecular weight excluding hydrogens is 338 g/mol. The lowest BCUT2D eigenvalue weighted by Gasteiger charge is -2.30. The third-order valence-electron chi connectivity index (χ3n) is 4.67. The number of halogens is 1. The minimum Gasteiger partial charge on any atom is -0.368 e. The van der Waals surface area contributed by atoms with E-state index in [0.29, 0.717) is 6.54 Å². The highest BCUT2D eigenvalue weighted by atomic mass is 35.5. The molecule has 1 fully saturated rings. The van der Waals surface area contributed by atoms with E-state index in [9.17, 15) is 4.79 Å². The molecule has 1 heterocycles. The molecule has 0 saturated carbocycles. The highest BCUT2D eigenvalue weighted by molar-refractivity contribution is 5.85. The Morgan fingerprint density at radius 1 is 1.24 bits per heavy atom. The van der Waals surface area contributed by atoms with Crippen molar-refractivity contribution in [1.82, 2.24) is 15.5 Å². The topological polar surface area (TPSA) is 53.6 Å². The summed E-state index contributed by atoms with van der Waals surface area (Å²) in [5, 5.41) is 6.35. The fraction of sp³-hybridized carbons (Fsp3) is 0.632. The average molecular weight is 370 g/mol. The van der Waals surface area contributed by atoms with Crippen molar-refractivity contribution in [1.29, 1.82) is 0 Å². The van der Waals surface area contributed by atoms with Crippen LogP contribution in [-0.4, -0.2) is 56.2 Å². The number of piperidine rings is 1. The molecule has 0 spiro atoms. The van der Waals surface area contributed by atoms with Gasteiger partial charge in [0.25, 0.3) is 0 Å². The molecule has 2 rings (SSSR count). The first-order valence-electron chi connectivity index (χ1n) is 9.12. The Morgan fingerprint density at radius 3 is 2.48 bits per heavy atom. The minimum absolute atomic E-state index is 0. The van der Waals surface area contributed by atoms with E-state index in [1.54, 1.807) is 0 Å². The van der Waals surface area contributed by atoms with Gasteiger partial charge in [0, 0.05) is 6.54 Å². The third-order valence-corrected chi connectivity index (χ3v) is 4.67. The SMILES string of the molecule is CCN(CC)C(CNC(=O)COC1CCNCC1)c1ccccc1.Cl. The van der Waals surface area contributed by atoms with Crippen LogP contribution in [0.3, 0.4) is 0 Å². The maximum Gasteiger partial charge on any atom is 0.246 e. The molecule has 1 amide bonds. The molecule has 1 atom stereocenters. The fourth-order valence-electron chi connectivity index (χ4n) is 3.21. The van der Waals surface area contributed by atoms with Crippen LogP contribution < -0.4 is 10.6 Å². The van der Waals surface area contributed by atoms with Crippen molar-refractivity contribution >= 4 is 18.3 Å². The Labute approximate surface area is 157 Å². The number of nitrogens with zero attached hydrogens (tertiary/aromatic N) is 1. The zero-order valence-corrected chi connectivity index (χ0v) is 16.2. The predicted molar refractivity (Wildman–Crippen MR) is 104 cm³/mol. The summed E-state index contributed by atoms with van der Waals surface area (Å²) in [4.78, 5) is 14.5. The number of hydrogen-bond acceptors (Lipinski definition) is 4. The van der Waals surface area contributed by atoms with Crippen LogP contribution in [0.4, 0.5) is 0 Å². The lowest BCUT2D eigenvalue weighted by molar-refractivity contribution is -0.128. The van der Waals surface area contributed by atoms with Crippen LogP contribution in [0.15, 0.2) is 30.3 Å². The first kappa shape index (κ1) is 21.9. The number of rotatable bonds is 9. The molecule has 5 nitrogen and oxygen atoms in total. The normalized spacial score (nSPS) is 16.3. The Balaban J connectivity index is 0.00000312. The van der Waals surface area contributed by atoms with Crippen LogP contribution in [-0.2, 0) is 9.53 Å². The molecule has 1 saturated heterocycles. The molecular formula is C19H32ClN3O2. The number of likely N-dealkylation sites (N-methyl/N-ethyl adjacent to an activating group) is 1. The predicted octanol–water partition coefficient (Wildman–Crippen LogP) is 2.38. The van der Waals surface area contributed by atoms with E-state index in [4.69, 9.17) is 4.74 Å². The number of ether oxygens (including phenoxy) is 1. The molecule has 1 aliphatic rings. The molecule has 1 aliphatic heterocycles. The first-order chi connectivity index (χ1) is 11.7. The smallest absolute Gasteiger partial charge is 0.246 e. The van der Waals surface area contributed by atoms with Gasteiger partial charge in [-0.25, -0.2) is 0 Å². The fourth-order valence-corrected chi connectivity index (χ4v) is 3.21. The van der Waals surface area contributed by atoms with Gasteiger partial charge in [-0.3, -0.25) is 9.69 Å². The van der Waals surface area contributed by atoms with Crippen molar-refractivity contribution in [3.63, 3.8) is 0 Å². The standard InChI is InChI=1S/C19H31N3O2.ClH/c1-3-22(4-2)18(16-8-6-5-7-9-16)14-21-19(23)15-24-17-10-12-20-13-11-17;/h5-9,17-18,20H,3-4,10-15H2,1-2H3,(H,21,23);1H. The lowest BCUT2D eigenvalue weighted by Crippen LogP contribution is -2.40. The van der Waals surface area contributed by atoms with Crippen molar-refractivity contribution in [2.75, 3.05) is 39.3 Å². The van der Waals surface area contributed by atoms with Crippen LogP contribution in [0.2, 0.25) is 0 Å². The third kappa shape index (κ3) is 7.32. The molecule has 2 N–H and O–H groups in total. The van der Waals surface area contributed by atoms with Gasteiger partial charge in [0.05, 0.1) is 12.1 Å². The van der Waals surface area contributed by atoms with Gasteiger partial charge in [0.1, 0.15) is 6.61 Å². The summed E-state index contributed by atoms with van der Waals surface area (Å²) in [5.74, 6) is -0.0263. The maximum absolute atomic E-state index is 12.2. The largest absolute Gasteiger partial charge is 0.368 e. The van der Waals surface area contributed by atoms with E-state index in [2.05, 4.69) is 41.5 Å². The van der Waals surface area contributed by atoms with Gasteiger partial charge < -0.3 is 15.4 Å². The second kappa shape index (κ2) is 12.3. The Hall–Kier alpha value is -1.14. The molecule has 1 aromatic carbocycles. The van der Waals surface area contributed by atoms with Crippen LogP contribution in [0.5, 0.6) is 0 Å². The van der Waals surface area contributed by atoms with Gasteiger partial charge in [0.15, 0.2) is 0 Å². The quantitative estimate of drug-likeness (QED) is 0.701. The second-order valence-electron chi connectivity index (χ2n) is 6.21. The van der Waals surface area contributed by atoms with E-state index in [1.807, 2.05) is 18.2 Å². The second-order valence-corrected chi connectivity index (χ2v) is 6.21. The first-order valence-corrected chi connectivity index (χ1v) is 9.12. The van der Waals surface area contributed by atoms with Crippen LogP contribution >= 0.6 is 12.4 Å².